The van der Waals surface area contributed by atoms with Crippen molar-refractivity contribution in [1.82, 2.24) is 15.0 Å². The summed E-state index contributed by atoms with van der Waals surface area (Å²) in [7, 11) is 0. The molecule has 0 saturated heterocycles. The van der Waals surface area contributed by atoms with E-state index in [1.165, 1.54) is 5.39 Å². The molecule has 0 spiro atoms. The lowest BCUT2D eigenvalue weighted by Gasteiger charge is -2.05. The molecular formula is C15H16N4. The highest BCUT2D eigenvalue weighted by Gasteiger charge is 2.10. The molecule has 4 nitrogen and oxygen atoms in total. The van der Waals surface area contributed by atoms with Crippen LogP contribution in [-0.4, -0.2) is 15.0 Å². The summed E-state index contributed by atoms with van der Waals surface area (Å²) in [5, 5.41) is 10.7. The van der Waals surface area contributed by atoms with E-state index >= 15 is 0 Å². The number of hydrogen-bond donors (Lipinski definition) is 1. The summed E-state index contributed by atoms with van der Waals surface area (Å²) >= 11 is 0. The molecule has 0 amide bonds. The summed E-state index contributed by atoms with van der Waals surface area (Å²) in [5.41, 5.74) is 7.84. The Bertz CT molecular complexity index is 697. The fraction of sp³-hybridized carbons (Fsp3) is 0.200. The molecule has 2 N–H and O–H groups in total. The lowest BCUT2D eigenvalue weighted by molar-refractivity contribution is 0.670. The van der Waals surface area contributed by atoms with E-state index in [-0.39, 0.29) is 6.04 Å². The Hall–Kier alpha value is -2.20. The quantitative estimate of drug-likeness (QED) is 0.779. The first kappa shape index (κ1) is 11.9. The highest BCUT2D eigenvalue weighted by molar-refractivity contribution is 5.89. The molecule has 1 unspecified atom stereocenters. The van der Waals surface area contributed by atoms with Gasteiger partial charge in [0.05, 0.1) is 23.6 Å². The van der Waals surface area contributed by atoms with E-state index in [4.69, 9.17) is 5.73 Å². The molecule has 4 heteroatoms. The second-order valence-corrected chi connectivity index (χ2v) is 4.60. The fourth-order valence-electron chi connectivity index (χ4n) is 2.18. The summed E-state index contributed by atoms with van der Waals surface area (Å²) in [5.74, 6) is 0. The van der Waals surface area contributed by atoms with Gasteiger partial charge in [0.2, 0.25) is 0 Å². The van der Waals surface area contributed by atoms with Gasteiger partial charge in [-0.15, -0.1) is 5.10 Å². The predicted molar refractivity (Wildman–Crippen MR) is 76.1 cm³/mol. The van der Waals surface area contributed by atoms with Crippen molar-refractivity contribution in [1.29, 1.82) is 0 Å². The van der Waals surface area contributed by atoms with Crippen LogP contribution in [0.25, 0.3) is 16.5 Å². The summed E-state index contributed by atoms with van der Waals surface area (Å²) in [6.45, 7) is 2.04. The lowest BCUT2D eigenvalue weighted by atomic mass is 10.1. The SMILES string of the molecule is CCC(N)c1cn(-c2cccc3ccccc23)nn1. The van der Waals surface area contributed by atoms with Gasteiger partial charge in [0.15, 0.2) is 0 Å². The van der Waals surface area contributed by atoms with Gasteiger partial charge in [-0.1, -0.05) is 48.5 Å². The van der Waals surface area contributed by atoms with Gasteiger partial charge >= 0.3 is 0 Å². The van der Waals surface area contributed by atoms with E-state index in [9.17, 15) is 0 Å². The maximum atomic E-state index is 5.98. The summed E-state index contributed by atoms with van der Waals surface area (Å²) < 4.78 is 1.80. The van der Waals surface area contributed by atoms with Crippen LogP contribution in [0.5, 0.6) is 0 Å². The molecule has 0 aliphatic heterocycles. The first-order valence-corrected chi connectivity index (χ1v) is 6.45. The third-order valence-electron chi connectivity index (χ3n) is 3.34. The molecule has 3 aromatic rings. The Morgan fingerprint density at radius 3 is 2.79 bits per heavy atom. The minimum absolute atomic E-state index is 0.0521. The lowest BCUT2D eigenvalue weighted by Crippen LogP contribution is -2.08. The number of nitrogens with zero attached hydrogens (tertiary/aromatic N) is 3. The summed E-state index contributed by atoms with van der Waals surface area (Å²) in [6, 6.07) is 14.3. The highest BCUT2D eigenvalue weighted by atomic mass is 15.4. The minimum Gasteiger partial charge on any atom is -0.323 e. The van der Waals surface area contributed by atoms with Crippen LogP contribution in [0, 0.1) is 0 Å². The number of nitrogens with two attached hydrogens (primary N) is 1. The van der Waals surface area contributed by atoms with Gasteiger partial charge in [-0.25, -0.2) is 4.68 Å². The van der Waals surface area contributed by atoms with E-state index in [1.807, 2.05) is 37.4 Å². The van der Waals surface area contributed by atoms with Crippen molar-refractivity contribution in [3.8, 4) is 5.69 Å². The first-order valence-electron chi connectivity index (χ1n) is 6.45. The van der Waals surface area contributed by atoms with Crippen molar-refractivity contribution in [3.63, 3.8) is 0 Å². The Labute approximate surface area is 111 Å². The Kier molecular flexibility index (Phi) is 3.01. The molecule has 0 fully saturated rings. The van der Waals surface area contributed by atoms with Gasteiger partial charge in [0.25, 0.3) is 0 Å². The maximum Gasteiger partial charge on any atom is 0.0998 e. The number of hydrogen-bond acceptors (Lipinski definition) is 3. The molecule has 1 atom stereocenters. The second kappa shape index (κ2) is 4.82. The zero-order chi connectivity index (χ0) is 13.2. The highest BCUT2D eigenvalue weighted by Crippen LogP contribution is 2.22. The van der Waals surface area contributed by atoms with Gasteiger partial charge in [-0.2, -0.15) is 0 Å². The van der Waals surface area contributed by atoms with Crippen LogP contribution < -0.4 is 5.73 Å². The standard InChI is InChI=1S/C15H16N4/c1-2-13(16)14-10-19(18-17-14)15-9-5-7-11-6-3-4-8-12(11)15/h3-10,13H,2,16H2,1H3. The third kappa shape index (κ3) is 2.11. The average molecular weight is 252 g/mol. The molecular weight excluding hydrogens is 236 g/mol. The monoisotopic (exact) mass is 252 g/mol. The van der Waals surface area contributed by atoms with E-state index in [0.717, 1.165) is 23.2 Å². The van der Waals surface area contributed by atoms with Crippen LogP contribution in [0.3, 0.4) is 0 Å². The normalized spacial score (nSPS) is 12.7. The number of rotatable bonds is 3. The molecule has 1 heterocycles. The van der Waals surface area contributed by atoms with Crippen LogP contribution >= 0.6 is 0 Å². The van der Waals surface area contributed by atoms with Gasteiger partial charge < -0.3 is 5.73 Å². The van der Waals surface area contributed by atoms with Gasteiger partial charge in [-0.3, -0.25) is 0 Å². The molecule has 0 saturated carbocycles. The van der Waals surface area contributed by atoms with Gasteiger partial charge in [0.1, 0.15) is 0 Å². The molecule has 0 aliphatic carbocycles. The molecule has 0 radical (unpaired) electrons. The van der Waals surface area contributed by atoms with Crippen LogP contribution in [0.15, 0.2) is 48.7 Å². The van der Waals surface area contributed by atoms with Crippen molar-refractivity contribution >= 4 is 10.8 Å². The largest absolute Gasteiger partial charge is 0.323 e. The number of benzene rings is 2. The van der Waals surface area contributed by atoms with Crippen molar-refractivity contribution in [3.05, 3.63) is 54.4 Å². The average Bonchev–Trinajstić information content (AvgIpc) is 2.95. The Morgan fingerprint density at radius 2 is 1.95 bits per heavy atom. The van der Waals surface area contributed by atoms with E-state index < -0.39 is 0 Å². The van der Waals surface area contributed by atoms with E-state index in [1.54, 1.807) is 4.68 Å². The predicted octanol–water partition coefficient (Wildman–Crippen LogP) is 2.83. The van der Waals surface area contributed by atoms with Crippen LogP contribution in [0.1, 0.15) is 25.1 Å². The van der Waals surface area contributed by atoms with Crippen LogP contribution in [-0.2, 0) is 0 Å². The number of aromatic nitrogens is 3. The van der Waals surface area contributed by atoms with Crippen LogP contribution in [0.2, 0.25) is 0 Å². The molecule has 19 heavy (non-hydrogen) atoms. The maximum absolute atomic E-state index is 5.98. The van der Waals surface area contributed by atoms with E-state index in [2.05, 4.69) is 28.5 Å². The molecule has 0 bridgehead atoms. The molecule has 96 valence electrons. The zero-order valence-electron chi connectivity index (χ0n) is 10.8. The Morgan fingerprint density at radius 1 is 1.16 bits per heavy atom. The molecule has 2 aromatic carbocycles. The Balaban J connectivity index is 2.12. The van der Waals surface area contributed by atoms with Crippen molar-refractivity contribution < 1.29 is 0 Å². The van der Waals surface area contributed by atoms with Crippen molar-refractivity contribution in [2.45, 2.75) is 19.4 Å². The van der Waals surface area contributed by atoms with E-state index in [0.29, 0.717) is 0 Å². The van der Waals surface area contributed by atoms with Crippen LogP contribution in [0.4, 0.5) is 0 Å². The smallest absolute Gasteiger partial charge is 0.0998 e. The molecule has 1 aromatic heterocycles. The third-order valence-corrected chi connectivity index (χ3v) is 3.34. The number of fused-ring (bicyclic) bond motifs is 1. The molecule has 0 aliphatic rings. The summed E-state index contributed by atoms with van der Waals surface area (Å²) in [6.07, 6.45) is 2.77. The second-order valence-electron chi connectivity index (χ2n) is 4.60. The van der Waals surface area contributed by atoms with Gasteiger partial charge in [-0.05, 0) is 17.9 Å². The first-order chi connectivity index (χ1) is 9.29. The van der Waals surface area contributed by atoms with Crippen molar-refractivity contribution in [2.75, 3.05) is 0 Å². The molecule has 3 rings (SSSR count). The topological polar surface area (TPSA) is 56.7 Å². The minimum atomic E-state index is -0.0521. The van der Waals surface area contributed by atoms with Crippen molar-refractivity contribution in [2.24, 2.45) is 5.73 Å². The summed E-state index contributed by atoms with van der Waals surface area (Å²) in [4.78, 5) is 0. The van der Waals surface area contributed by atoms with Gasteiger partial charge in [0, 0.05) is 5.39 Å². The fourth-order valence-corrected chi connectivity index (χ4v) is 2.18. The zero-order valence-corrected chi connectivity index (χ0v) is 10.8.